The molecule has 1 fully saturated rings. The highest BCUT2D eigenvalue weighted by atomic mass is 16.2. The van der Waals surface area contributed by atoms with Crippen LogP contribution in [0.2, 0.25) is 0 Å². The number of hydrogen-bond donors (Lipinski definition) is 0. The third-order valence-corrected chi connectivity index (χ3v) is 6.57. The van der Waals surface area contributed by atoms with Crippen LogP contribution in [0.4, 0.5) is 0 Å². The van der Waals surface area contributed by atoms with E-state index in [0.29, 0.717) is 24.3 Å². The average Bonchev–Trinajstić information content (AvgIpc) is 3.41. The SMILES string of the molecule is C=C/C(=C\C)c1ccc2c(ccn2CC2C[C@@H](C)N(C(=O)CCc3cccc(C#N)c3)C2)n1. The zero-order chi connectivity index (χ0) is 23.4. The van der Waals surface area contributed by atoms with Gasteiger partial charge in [-0.2, -0.15) is 5.26 Å². The summed E-state index contributed by atoms with van der Waals surface area (Å²) in [5.41, 5.74) is 5.74. The van der Waals surface area contributed by atoms with Crippen molar-refractivity contribution in [3.8, 4) is 6.07 Å². The van der Waals surface area contributed by atoms with Gasteiger partial charge in [-0.05, 0) is 74.1 Å². The van der Waals surface area contributed by atoms with E-state index in [2.05, 4.69) is 42.5 Å². The van der Waals surface area contributed by atoms with Crippen molar-refractivity contribution in [2.75, 3.05) is 6.54 Å². The number of amides is 1. The Labute approximate surface area is 195 Å². The minimum Gasteiger partial charge on any atom is -0.346 e. The van der Waals surface area contributed by atoms with Crippen LogP contribution < -0.4 is 0 Å². The number of hydrogen-bond acceptors (Lipinski definition) is 3. The second-order valence-corrected chi connectivity index (χ2v) is 8.83. The Morgan fingerprint density at radius 2 is 2.15 bits per heavy atom. The van der Waals surface area contributed by atoms with Crippen molar-refractivity contribution in [2.45, 2.75) is 45.7 Å². The molecule has 0 bridgehead atoms. The number of allylic oxidation sites excluding steroid dienone is 3. The molecule has 2 aromatic heterocycles. The van der Waals surface area contributed by atoms with E-state index in [1.807, 2.05) is 48.2 Å². The van der Waals surface area contributed by atoms with Gasteiger partial charge >= 0.3 is 0 Å². The summed E-state index contributed by atoms with van der Waals surface area (Å²) >= 11 is 0. The van der Waals surface area contributed by atoms with Gasteiger partial charge in [0.2, 0.25) is 5.91 Å². The third kappa shape index (κ3) is 4.90. The smallest absolute Gasteiger partial charge is 0.223 e. The molecule has 1 saturated heterocycles. The number of aryl methyl sites for hydroxylation is 1. The standard InChI is InChI=1S/C28H30N4O/c1-4-24(5-2)25-10-11-27-26(30-25)13-14-31(27)18-23-15-20(3)32(19-23)28(33)12-9-21-7-6-8-22(16-21)17-29/h4-8,10-11,13-14,16,20,23H,1,9,12,15,18-19H2,2-3H3/b24-5+/t20-,23?/m1/s1. The summed E-state index contributed by atoms with van der Waals surface area (Å²) in [4.78, 5) is 19.8. The second kappa shape index (κ2) is 9.87. The number of nitrogens with zero attached hydrogens (tertiary/aromatic N) is 4. The minimum absolute atomic E-state index is 0.194. The first kappa shape index (κ1) is 22.5. The Balaban J connectivity index is 1.39. The molecule has 5 heteroatoms. The Hall–Kier alpha value is -3.65. The molecule has 0 spiro atoms. The lowest BCUT2D eigenvalue weighted by molar-refractivity contribution is -0.131. The predicted octanol–water partition coefficient (Wildman–Crippen LogP) is 5.37. The Morgan fingerprint density at radius 1 is 1.30 bits per heavy atom. The Morgan fingerprint density at radius 3 is 2.91 bits per heavy atom. The van der Waals surface area contributed by atoms with Crippen molar-refractivity contribution >= 4 is 22.5 Å². The highest BCUT2D eigenvalue weighted by molar-refractivity contribution is 5.81. The van der Waals surface area contributed by atoms with Crippen molar-refractivity contribution in [3.05, 3.63) is 84.2 Å². The van der Waals surface area contributed by atoms with E-state index >= 15 is 0 Å². The van der Waals surface area contributed by atoms with Crippen molar-refractivity contribution in [2.24, 2.45) is 5.92 Å². The fraction of sp³-hybridized carbons (Fsp3) is 0.321. The van der Waals surface area contributed by atoms with Gasteiger partial charge in [0.25, 0.3) is 0 Å². The summed E-state index contributed by atoms with van der Waals surface area (Å²) in [7, 11) is 0. The molecule has 0 radical (unpaired) electrons. The normalized spacial score (nSPS) is 18.5. The summed E-state index contributed by atoms with van der Waals surface area (Å²) in [6, 6.07) is 16.2. The van der Waals surface area contributed by atoms with Crippen LogP contribution in [0.25, 0.3) is 16.6 Å². The van der Waals surface area contributed by atoms with Gasteiger partial charge in [-0.15, -0.1) is 0 Å². The maximum atomic E-state index is 12.9. The number of fused-ring (bicyclic) bond motifs is 1. The van der Waals surface area contributed by atoms with Crippen LogP contribution in [0.15, 0.2) is 67.4 Å². The molecule has 0 saturated carbocycles. The lowest BCUT2D eigenvalue weighted by Gasteiger charge is -2.21. The molecule has 168 valence electrons. The van der Waals surface area contributed by atoms with Crippen LogP contribution in [-0.4, -0.2) is 32.9 Å². The van der Waals surface area contributed by atoms with E-state index in [1.54, 1.807) is 6.07 Å². The number of pyridine rings is 1. The number of carbonyl (C=O) groups is 1. The van der Waals surface area contributed by atoms with E-state index in [0.717, 1.165) is 47.4 Å². The van der Waals surface area contributed by atoms with Crippen LogP contribution >= 0.6 is 0 Å². The van der Waals surface area contributed by atoms with Crippen molar-refractivity contribution in [3.63, 3.8) is 0 Å². The maximum absolute atomic E-state index is 12.9. The largest absolute Gasteiger partial charge is 0.346 e. The lowest BCUT2D eigenvalue weighted by atomic mass is 10.1. The summed E-state index contributed by atoms with van der Waals surface area (Å²) < 4.78 is 2.26. The fourth-order valence-corrected chi connectivity index (χ4v) is 4.86. The first-order valence-electron chi connectivity index (χ1n) is 11.6. The molecule has 33 heavy (non-hydrogen) atoms. The molecule has 4 rings (SSSR count). The second-order valence-electron chi connectivity index (χ2n) is 8.83. The number of carbonyl (C=O) groups excluding carboxylic acids is 1. The molecule has 1 aliphatic heterocycles. The molecule has 1 unspecified atom stereocenters. The molecule has 3 heterocycles. The minimum atomic E-state index is 0.194. The highest BCUT2D eigenvalue weighted by Crippen LogP contribution is 2.27. The summed E-state index contributed by atoms with van der Waals surface area (Å²) in [6.07, 6.45) is 8.09. The van der Waals surface area contributed by atoms with Crippen LogP contribution in [0.5, 0.6) is 0 Å². The number of likely N-dealkylation sites (tertiary alicyclic amines) is 1. The van der Waals surface area contributed by atoms with Crippen molar-refractivity contribution in [1.29, 1.82) is 5.26 Å². The van der Waals surface area contributed by atoms with Gasteiger partial charge in [0, 0.05) is 31.7 Å². The molecular weight excluding hydrogens is 408 g/mol. The first-order chi connectivity index (χ1) is 16.0. The molecule has 0 aliphatic carbocycles. The summed E-state index contributed by atoms with van der Waals surface area (Å²) in [5, 5.41) is 9.07. The van der Waals surface area contributed by atoms with Gasteiger partial charge in [0.1, 0.15) is 0 Å². The zero-order valence-corrected chi connectivity index (χ0v) is 19.4. The molecule has 2 atom stereocenters. The third-order valence-electron chi connectivity index (χ3n) is 6.57. The fourth-order valence-electron chi connectivity index (χ4n) is 4.86. The van der Waals surface area contributed by atoms with Crippen molar-refractivity contribution in [1.82, 2.24) is 14.5 Å². The molecular formula is C28H30N4O. The lowest BCUT2D eigenvalue weighted by Crippen LogP contribution is -2.34. The number of nitriles is 1. The van der Waals surface area contributed by atoms with Crippen LogP contribution in [0.3, 0.4) is 0 Å². The van der Waals surface area contributed by atoms with E-state index in [4.69, 9.17) is 10.2 Å². The van der Waals surface area contributed by atoms with E-state index < -0.39 is 0 Å². The molecule has 1 aliphatic rings. The molecule has 0 N–H and O–H groups in total. The Bertz CT molecular complexity index is 1250. The van der Waals surface area contributed by atoms with E-state index in [1.165, 1.54) is 0 Å². The van der Waals surface area contributed by atoms with Gasteiger partial charge in [-0.1, -0.05) is 30.9 Å². The maximum Gasteiger partial charge on any atom is 0.223 e. The molecule has 1 aromatic carbocycles. The van der Waals surface area contributed by atoms with Crippen LogP contribution in [0, 0.1) is 17.2 Å². The van der Waals surface area contributed by atoms with Crippen LogP contribution in [-0.2, 0) is 17.8 Å². The predicted molar refractivity (Wildman–Crippen MR) is 132 cm³/mol. The first-order valence-corrected chi connectivity index (χ1v) is 11.6. The van der Waals surface area contributed by atoms with Gasteiger partial charge in [0.05, 0.1) is 28.4 Å². The number of rotatable bonds is 7. The average molecular weight is 439 g/mol. The van der Waals surface area contributed by atoms with Gasteiger partial charge in [-0.3, -0.25) is 4.79 Å². The summed E-state index contributed by atoms with van der Waals surface area (Å²) in [6.45, 7) is 9.66. The molecule has 5 nitrogen and oxygen atoms in total. The molecule has 1 amide bonds. The Kier molecular flexibility index (Phi) is 6.74. The molecule has 3 aromatic rings. The quantitative estimate of drug-likeness (QED) is 0.466. The van der Waals surface area contributed by atoms with E-state index in [9.17, 15) is 4.79 Å². The van der Waals surface area contributed by atoms with Gasteiger partial charge in [-0.25, -0.2) is 4.98 Å². The van der Waals surface area contributed by atoms with Crippen LogP contribution in [0.1, 0.15) is 43.5 Å². The van der Waals surface area contributed by atoms with Gasteiger partial charge < -0.3 is 9.47 Å². The topological polar surface area (TPSA) is 61.9 Å². The van der Waals surface area contributed by atoms with Gasteiger partial charge in [0.15, 0.2) is 0 Å². The summed E-state index contributed by atoms with van der Waals surface area (Å²) in [5.74, 6) is 0.611. The van der Waals surface area contributed by atoms with E-state index in [-0.39, 0.29) is 11.9 Å². The highest BCUT2D eigenvalue weighted by Gasteiger charge is 2.32. The van der Waals surface area contributed by atoms with Crippen molar-refractivity contribution < 1.29 is 4.79 Å². The number of benzene rings is 1. The zero-order valence-electron chi connectivity index (χ0n) is 19.4. The monoisotopic (exact) mass is 438 g/mol. The number of aromatic nitrogens is 2.